The molecule has 0 aliphatic rings. The summed E-state index contributed by atoms with van der Waals surface area (Å²) in [6, 6.07) is 0. The van der Waals surface area contributed by atoms with Crippen LogP contribution in [0.5, 0.6) is 0 Å². The van der Waals surface area contributed by atoms with Crippen LogP contribution >= 0.6 is 0 Å². The van der Waals surface area contributed by atoms with Crippen molar-refractivity contribution < 1.29 is 24.5 Å². The molecule has 0 atom stereocenters. The maximum absolute atomic E-state index is 10.3. The summed E-state index contributed by atoms with van der Waals surface area (Å²) in [7, 11) is 0. The molecule has 0 fully saturated rings. The maximum Gasteiger partial charge on any atom is 0.219 e. The minimum absolute atomic E-state index is 0.242. The number of primary amides is 1. The van der Waals surface area contributed by atoms with E-state index < -0.39 is 0 Å². The highest BCUT2D eigenvalue weighted by Gasteiger charge is 1.94. The highest BCUT2D eigenvalue weighted by molar-refractivity contribution is 5.73. The Bertz CT molecular complexity index is 191. The molecule has 0 rings (SSSR count). The molecule has 0 bridgehead atoms. The monoisotopic (exact) mass is 264 g/mol. The predicted octanol–water partition coefficient (Wildman–Crippen LogP) is -0.851. The van der Waals surface area contributed by atoms with E-state index in [1.54, 1.807) is 0 Å². The van der Waals surface area contributed by atoms with Gasteiger partial charge in [-0.25, -0.2) is 0 Å². The van der Waals surface area contributed by atoms with Gasteiger partial charge in [0.2, 0.25) is 5.91 Å². The Morgan fingerprint density at radius 3 is 1.89 bits per heavy atom. The van der Waals surface area contributed by atoms with Gasteiger partial charge in [0.05, 0.1) is 39.6 Å². The van der Waals surface area contributed by atoms with Crippen LogP contribution in [0.15, 0.2) is 5.11 Å². The fraction of sp³-hybridized carbons (Fsp3) is 0.909. The summed E-state index contributed by atoms with van der Waals surface area (Å²) >= 11 is 0. The van der Waals surface area contributed by atoms with Crippen molar-refractivity contribution in [3.05, 3.63) is 0 Å². The van der Waals surface area contributed by atoms with Crippen molar-refractivity contribution in [1.29, 1.82) is 0 Å². The molecule has 0 spiro atoms. The molecule has 0 aromatic rings. The highest BCUT2D eigenvalue weighted by Crippen LogP contribution is 1.83. The van der Waals surface area contributed by atoms with Crippen LogP contribution in [-0.4, -0.2) is 52.1 Å². The Balaban J connectivity index is 0. The van der Waals surface area contributed by atoms with Gasteiger partial charge in [0.1, 0.15) is 6.54 Å². The molecule has 4 N–H and O–H groups in total. The van der Waals surface area contributed by atoms with Gasteiger partial charge >= 0.3 is 0 Å². The van der Waals surface area contributed by atoms with Crippen LogP contribution in [0.3, 0.4) is 0 Å². The minimum Gasteiger partial charge on any atom is -0.379 e. The standard InChI is InChI=1S/C9H19N3O4.C2H6/c10-9(13)1-3-14-5-7-16-8-6-15-4-2-12-11;1-2/h11H,1-8H2,(H2,10,13);1-2H3/p+1. The number of hydrogen-bond donors (Lipinski definition) is 2. The molecule has 0 radical (unpaired) electrons. The van der Waals surface area contributed by atoms with Crippen molar-refractivity contribution >= 4 is 5.91 Å². The van der Waals surface area contributed by atoms with E-state index in [0.29, 0.717) is 46.2 Å². The second-order valence-electron chi connectivity index (χ2n) is 2.96. The van der Waals surface area contributed by atoms with E-state index in [9.17, 15) is 4.79 Å². The summed E-state index contributed by atoms with van der Waals surface area (Å²) in [6.45, 7) is 7.29. The second kappa shape index (κ2) is 18.3. The minimum atomic E-state index is -0.361. The van der Waals surface area contributed by atoms with Gasteiger partial charge in [-0.1, -0.05) is 13.8 Å². The van der Waals surface area contributed by atoms with E-state index in [4.69, 9.17) is 25.5 Å². The van der Waals surface area contributed by atoms with Gasteiger partial charge in [0, 0.05) is 6.42 Å². The van der Waals surface area contributed by atoms with Gasteiger partial charge < -0.3 is 19.9 Å². The maximum atomic E-state index is 10.3. The number of carbonyl (C=O) groups is 1. The molecule has 0 heterocycles. The largest absolute Gasteiger partial charge is 0.379 e. The summed E-state index contributed by atoms with van der Waals surface area (Å²) in [5.74, 6) is -0.361. The van der Waals surface area contributed by atoms with Crippen molar-refractivity contribution in [2.45, 2.75) is 20.3 Å². The van der Waals surface area contributed by atoms with Crippen molar-refractivity contribution in [1.82, 2.24) is 0 Å². The normalized spacial score (nSPS) is 9.44. The number of amides is 1. The van der Waals surface area contributed by atoms with E-state index in [-0.39, 0.29) is 12.3 Å². The summed E-state index contributed by atoms with van der Waals surface area (Å²) in [5, 5.41) is 3.39. The molecule has 0 aromatic carbocycles. The molecule has 7 nitrogen and oxygen atoms in total. The van der Waals surface area contributed by atoms with Crippen molar-refractivity contribution in [2.75, 3.05) is 46.2 Å². The van der Waals surface area contributed by atoms with Crippen LogP contribution in [0.1, 0.15) is 20.3 Å². The Morgan fingerprint density at radius 1 is 1.00 bits per heavy atom. The molecule has 7 heteroatoms. The Labute approximate surface area is 108 Å². The third-order valence-electron chi connectivity index (χ3n) is 1.60. The zero-order chi connectivity index (χ0) is 14.1. The number of rotatable bonds is 12. The molecule has 0 unspecified atom stereocenters. The van der Waals surface area contributed by atoms with Gasteiger partial charge in [-0.3, -0.25) is 4.79 Å². The van der Waals surface area contributed by atoms with Crippen LogP contribution in [0, 0.1) is 0 Å². The summed E-state index contributed by atoms with van der Waals surface area (Å²) in [4.78, 5) is 10.3. The predicted molar refractivity (Wildman–Crippen MR) is 66.8 cm³/mol. The van der Waals surface area contributed by atoms with Gasteiger partial charge in [-0.05, 0) is 5.11 Å². The molecule has 0 aliphatic carbocycles. The topological polar surface area (TPSA) is 109 Å². The molecule has 0 aliphatic heterocycles. The van der Waals surface area contributed by atoms with Gasteiger partial charge in [0.15, 0.2) is 0 Å². The number of nitrogens with two attached hydrogens (primary N) is 2. The number of ether oxygens (including phenoxy) is 3. The fourth-order valence-corrected chi connectivity index (χ4v) is 0.832. The molecular formula is C11H26N3O4+. The number of hydrogen-bond acceptors (Lipinski definition) is 5. The second-order valence-corrected chi connectivity index (χ2v) is 2.96. The van der Waals surface area contributed by atoms with Gasteiger partial charge in [-0.15, -0.1) is 0 Å². The van der Waals surface area contributed by atoms with Crippen LogP contribution in [-0.2, 0) is 19.0 Å². The number of nitrogens with zero attached hydrogens (tertiary/aromatic N) is 1. The van der Waals surface area contributed by atoms with Crippen LogP contribution in [0.4, 0.5) is 0 Å². The van der Waals surface area contributed by atoms with Gasteiger partial charge in [-0.2, -0.15) is 5.53 Å². The summed E-state index contributed by atoms with van der Waals surface area (Å²) in [5.41, 5.74) is 9.85. The average Bonchev–Trinajstić information content (AvgIpc) is 2.38. The first-order valence-corrected chi connectivity index (χ1v) is 6.15. The molecule has 108 valence electrons. The van der Waals surface area contributed by atoms with E-state index in [0.717, 1.165) is 0 Å². The zero-order valence-electron chi connectivity index (χ0n) is 11.4. The number of carbonyl (C=O) groups excluding carboxylic acids is 1. The quantitative estimate of drug-likeness (QED) is 0.353. The first kappa shape index (κ1) is 19.3. The lowest BCUT2D eigenvalue weighted by molar-refractivity contribution is -0.223. The Morgan fingerprint density at radius 2 is 1.44 bits per heavy atom. The lowest BCUT2D eigenvalue weighted by atomic mass is 10.4. The molecule has 0 saturated carbocycles. The third kappa shape index (κ3) is 20.4. The first-order valence-electron chi connectivity index (χ1n) is 6.15. The third-order valence-corrected chi connectivity index (χ3v) is 1.60. The molecular weight excluding hydrogens is 238 g/mol. The lowest BCUT2D eigenvalue weighted by Gasteiger charge is -2.05. The molecule has 1 amide bonds. The zero-order valence-corrected chi connectivity index (χ0v) is 11.4. The molecule has 0 aromatic heterocycles. The van der Waals surface area contributed by atoms with Crippen LogP contribution < -0.4 is 11.3 Å². The van der Waals surface area contributed by atoms with Crippen molar-refractivity contribution in [2.24, 2.45) is 10.8 Å². The van der Waals surface area contributed by atoms with E-state index in [2.05, 4.69) is 5.11 Å². The SMILES string of the molecule is CC.NC(=O)CCOCCOCCOCCN=[NH2+]. The van der Waals surface area contributed by atoms with Crippen LogP contribution in [0.25, 0.3) is 0 Å². The van der Waals surface area contributed by atoms with E-state index in [1.807, 2.05) is 13.8 Å². The van der Waals surface area contributed by atoms with E-state index in [1.165, 1.54) is 0 Å². The summed E-state index contributed by atoms with van der Waals surface area (Å²) < 4.78 is 15.4. The van der Waals surface area contributed by atoms with E-state index >= 15 is 0 Å². The van der Waals surface area contributed by atoms with Crippen molar-refractivity contribution in [3.8, 4) is 0 Å². The Hall–Kier alpha value is -1.05. The Kier molecular flexibility index (Phi) is 19.6. The van der Waals surface area contributed by atoms with Gasteiger partial charge in [0.25, 0.3) is 0 Å². The lowest BCUT2D eigenvalue weighted by Crippen LogP contribution is -2.25. The molecule has 18 heavy (non-hydrogen) atoms. The van der Waals surface area contributed by atoms with Crippen molar-refractivity contribution in [3.63, 3.8) is 0 Å². The summed E-state index contributed by atoms with van der Waals surface area (Å²) in [6.07, 6.45) is 0.242. The average molecular weight is 264 g/mol. The molecule has 0 saturated heterocycles. The first-order chi connectivity index (χ1) is 8.77. The fourth-order valence-electron chi connectivity index (χ4n) is 0.832. The van der Waals surface area contributed by atoms with Crippen LogP contribution in [0.2, 0.25) is 0 Å². The smallest absolute Gasteiger partial charge is 0.219 e. The highest BCUT2D eigenvalue weighted by atomic mass is 16.5.